The summed E-state index contributed by atoms with van der Waals surface area (Å²) in [7, 11) is 0. The fraction of sp³-hybridized carbons (Fsp3) is 0.348. The molecule has 0 bridgehead atoms. The number of hydrogen-bond acceptors (Lipinski definition) is 5. The molecule has 32 heavy (non-hydrogen) atoms. The summed E-state index contributed by atoms with van der Waals surface area (Å²) in [6.45, 7) is 8.21. The minimum Gasteiger partial charge on any atom is -0.490 e. The van der Waals surface area contributed by atoms with Crippen molar-refractivity contribution in [2.24, 2.45) is 5.10 Å². The Kier molecular flexibility index (Phi) is 8.36. The lowest BCUT2D eigenvalue weighted by molar-refractivity contribution is 0.224. The van der Waals surface area contributed by atoms with Crippen LogP contribution in [0.4, 0.5) is 0 Å². The zero-order chi connectivity index (χ0) is 23.4. The third-order valence-corrected chi connectivity index (χ3v) is 6.41. The van der Waals surface area contributed by atoms with Crippen molar-refractivity contribution in [1.82, 2.24) is 9.66 Å². The van der Waals surface area contributed by atoms with E-state index in [2.05, 4.69) is 41.9 Å². The predicted molar refractivity (Wildman–Crippen MR) is 137 cm³/mol. The van der Waals surface area contributed by atoms with Crippen LogP contribution in [0.25, 0.3) is 10.9 Å². The molecule has 1 aromatic heterocycles. The molecule has 0 saturated heterocycles. The van der Waals surface area contributed by atoms with Gasteiger partial charge in [0.15, 0.2) is 11.5 Å². The molecule has 3 rings (SSSR count). The number of benzene rings is 2. The van der Waals surface area contributed by atoms with Gasteiger partial charge in [0, 0.05) is 20.9 Å². The molecule has 0 aliphatic heterocycles. The maximum absolute atomic E-state index is 13.2. The zero-order valence-electron chi connectivity index (χ0n) is 18.3. The maximum Gasteiger partial charge on any atom is 0.282 e. The summed E-state index contributed by atoms with van der Waals surface area (Å²) in [5.41, 5.74) is 1.06. The Balaban J connectivity index is 2.15. The van der Waals surface area contributed by atoms with Crippen LogP contribution in [0.15, 0.2) is 43.1 Å². The summed E-state index contributed by atoms with van der Waals surface area (Å²) < 4.78 is 14.4. The summed E-state index contributed by atoms with van der Waals surface area (Å²) in [4.78, 5) is 17.9. The van der Waals surface area contributed by atoms with E-state index in [0.29, 0.717) is 56.3 Å². The van der Waals surface area contributed by atoms with Crippen molar-refractivity contribution >= 4 is 60.6 Å². The maximum atomic E-state index is 13.2. The Hall–Kier alpha value is -1.90. The van der Waals surface area contributed by atoms with Crippen LogP contribution in [0.1, 0.15) is 45.5 Å². The highest BCUT2D eigenvalue weighted by molar-refractivity contribution is 9.10. The standard InChI is InChI=1S/C23H24Br2ClN3O3/c1-5-7-19-28-17-9-8-15(24)11-16(17)23(30)29(19)27-12-14-10-18(31-6-2)22(32-13(3)4)21(26)20(14)25/h8-13H,5-7H2,1-4H3. The number of ether oxygens (including phenoxy) is 2. The topological polar surface area (TPSA) is 65.7 Å². The fourth-order valence-corrected chi connectivity index (χ4v) is 4.13. The van der Waals surface area contributed by atoms with E-state index < -0.39 is 0 Å². The van der Waals surface area contributed by atoms with Crippen molar-refractivity contribution in [3.05, 3.63) is 60.0 Å². The second kappa shape index (κ2) is 10.8. The molecule has 0 amide bonds. The van der Waals surface area contributed by atoms with Gasteiger partial charge in [-0.1, -0.05) is 34.5 Å². The first-order valence-corrected chi connectivity index (χ1v) is 12.3. The zero-order valence-corrected chi connectivity index (χ0v) is 22.2. The number of aromatic nitrogens is 2. The molecular formula is C23H24Br2ClN3O3. The molecule has 0 N–H and O–H groups in total. The van der Waals surface area contributed by atoms with Crippen LogP contribution in [-0.2, 0) is 6.42 Å². The molecule has 0 radical (unpaired) electrons. The summed E-state index contributed by atoms with van der Waals surface area (Å²) in [5.74, 6) is 1.57. The lowest BCUT2D eigenvalue weighted by Crippen LogP contribution is -2.22. The van der Waals surface area contributed by atoms with E-state index in [4.69, 9.17) is 21.1 Å². The molecule has 6 nitrogen and oxygen atoms in total. The highest BCUT2D eigenvalue weighted by atomic mass is 79.9. The Morgan fingerprint density at radius 1 is 1.25 bits per heavy atom. The monoisotopic (exact) mass is 583 g/mol. The Labute approximate surface area is 208 Å². The van der Waals surface area contributed by atoms with E-state index in [-0.39, 0.29) is 11.7 Å². The van der Waals surface area contributed by atoms with Gasteiger partial charge in [0.05, 0.1) is 29.8 Å². The van der Waals surface area contributed by atoms with E-state index >= 15 is 0 Å². The van der Waals surface area contributed by atoms with Gasteiger partial charge in [-0.25, -0.2) is 4.98 Å². The second-order valence-corrected chi connectivity index (χ2v) is 9.41. The average Bonchev–Trinajstić information content (AvgIpc) is 2.74. The Morgan fingerprint density at radius 3 is 2.66 bits per heavy atom. The molecule has 0 unspecified atom stereocenters. The number of nitrogens with zero attached hydrogens (tertiary/aromatic N) is 3. The molecule has 2 aromatic carbocycles. The molecule has 0 spiro atoms. The van der Waals surface area contributed by atoms with Gasteiger partial charge in [-0.15, -0.1) is 0 Å². The summed E-state index contributed by atoms with van der Waals surface area (Å²) >= 11 is 13.5. The van der Waals surface area contributed by atoms with Crippen molar-refractivity contribution < 1.29 is 9.47 Å². The predicted octanol–water partition coefficient (Wildman–Crippen LogP) is 6.60. The fourth-order valence-electron chi connectivity index (χ4n) is 3.13. The number of aryl methyl sites for hydroxylation is 1. The Morgan fingerprint density at radius 2 is 2.00 bits per heavy atom. The van der Waals surface area contributed by atoms with Gasteiger partial charge in [0.2, 0.25) is 0 Å². The molecule has 0 fully saturated rings. The van der Waals surface area contributed by atoms with Crippen molar-refractivity contribution in [1.29, 1.82) is 0 Å². The van der Waals surface area contributed by atoms with Gasteiger partial charge in [-0.2, -0.15) is 9.78 Å². The molecule has 3 aromatic rings. The van der Waals surface area contributed by atoms with Crippen LogP contribution in [0.3, 0.4) is 0 Å². The molecule has 1 heterocycles. The normalized spacial score (nSPS) is 11.6. The van der Waals surface area contributed by atoms with Crippen molar-refractivity contribution in [2.45, 2.75) is 46.6 Å². The second-order valence-electron chi connectivity index (χ2n) is 7.32. The van der Waals surface area contributed by atoms with Crippen molar-refractivity contribution in [2.75, 3.05) is 6.61 Å². The van der Waals surface area contributed by atoms with Gasteiger partial charge in [-0.3, -0.25) is 4.79 Å². The highest BCUT2D eigenvalue weighted by Gasteiger charge is 2.19. The lowest BCUT2D eigenvalue weighted by atomic mass is 10.2. The minimum absolute atomic E-state index is 0.0729. The van der Waals surface area contributed by atoms with Gasteiger partial charge >= 0.3 is 0 Å². The van der Waals surface area contributed by atoms with Crippen LogP contribution in [0, 0.1) is 0 Å². The van der Waals surface area contributed by atoms with Gasteiger partial charge in [-0.05, 0) is 67.4 Å². The molecule has 0 atom stereocenters. The first kappa shape index (κ1) is 24.7. The van der Waals surface area contributed by atoms with Crippen LogP contribution < -0.4 is 15.0 Å². The Bertz CT molecular complexity index is 1230. The largest absolute Gasteiger partial charge is 0.490 e. The summed E-state index contributed by atoms with van der Waals surface area (Å²) in [5, 5.41) is 5.36. The number of fused-ring (bicyclic) bond motifs is 1. The molecule has 0 aliphatic carbocycles. The van der Waals surface area contributed by atoms with Crippen molar-refractivity contribution in [3.63, 3.8) is 0 Å². The van der Waals surface area contributed by atoms with E-state index in [9.17, 15) is 4.79 Å². The van der Waals surface area contributed by atoms with E-state index in [1.165, 1.54) is 4.68 Å². The summed E-state index contributed by atoms with van der Waals surface area (Å²) in [6, 6.07) is 7.24. The SMILES string of the molecule is CCCc1nc2ccc(Br)cc2c(=O)n1N=Cc1cc(OCC)c(OC(C)C)c(Cl)c1Br. The first-order valence-electron chi connectivity index (χ1n) is 10.3. The van der Waals surface area contributed by atoms with E-state index in [1.807, 2.05) is 39.8 Å². The van der Waals surface area contributed by atoms with Gasteiger partial charge in [0.1, 0.15) is 10.8 Å². The molecule has 0 aliphatic rings. The van der Waals surface area contributed by atoms with Crippen LogP contribution in [0.5, 0.6) is 11.5 Å². The third-order valence-electron chi connectivity index (χ3n) is 4.47. The first-order chi connectivity index (χ1) is 15.3. The molecule has 9 heteroatoms. The lowest BCUT2D eigenvalue weighted by Gasteiger charge is -2.18. The van der Waals surface area contributed by atoms with Crippen LogP contribution in [-0.4, -0.2) is 28.6 Å². The van der Waals surface area contributed by atoms with Crippen LogP contribution in [0.2, 0.25) is 5.02 Å². The van der Waals surface area contributed by atoms with Crippen LogP contribution >= 0.6 is 43.5 Å². The molecule has 170 valence electrons. The quantitative estimate of drug-likeness (QED) is 0.280. The minimum atomic E-state index is -0.233. The smallest absolute Gasteiger partial charge is 0.282 e. The molecule has 0 saturated carbocycles. The van der Waals surface area contributed by atoms with Crippen molar-refractivity contribution in [3.8, 4) is 11.5 Å². The van der Waals surface area contributed by atoms with E-state index in [0.717, 1.165) is 10.9 Å². The highest BCUT2D eigenvalue weighted by Crippen LogP contribution is 2.42. The molecular weight excluding hydrogens is 562 g/mol. The average molecular weight is 586 g/mol. The third kappa shape index (κ3) is 5.35. The van der Waals surface area contributed by atoms with Gasteiger partial charge in [0.25, 0.3) is 5.56 Å². The van der Waals surface area contributed by atoms with E-state index in [1.54, 1.807) is 18.3 Å². The van der Waals surface area contributed by atoms with Gasteiger partial charge < -0.3 is 9.47 Å². The number of hydrogen-bond donors (Lipinski definition) is 0. The number of halogens is 3. The summed E-state index contributed by atoms with van der Waals surface area (Å²) in [6.07, 6.45) is 2.95. The number of rotatable bonds is 8.